The van der Waals surface area contributed by atoms with Gasteiger partial charge in [0.25, 0.3) is 0 Å². The molecule has 114 valence electrons. The van der Waals surface area contributed by atoms with Crippen LogP contribution in [0.25, 0.3) is 0 Å². The predicted octanol–water partition coefficient (Wildman–Crippen LogP) is 2.14. The van der Waals surface area contributed by atoms with Gasteiger partial charge in [-0.05, 0) is 23.5 Å². The molecule has 0 aromatic heterocycles. The molecule has 6 heteroatoms. The van der Waals surface area contributed by atoms with Crippen molar-refractivity contribution in [3.8, 4) is 0 Å². The average molecular weight is 302 g/mol. The van der Waals surface area contributed by atoms with Crippen molar-refractivity contribution in [3.63, 3.8) is 0 Å². The molecule has 0 amide bonds. The zero-order valence-electron chi connectivity index (χ0n) is 12.2. The zero-order valence-corrected chi connectivity index (χ0v) is 13.1. The summed E-state index contributed by atoms with van der Waals surface area (Å²) in [7, 11) is -3.39. The third-order valence-corrected chi connectivity index (χ3v) is 4.28. The number of benzene rings is 1. The minimum absolute atomic E-state index is 0.0385. The van der Waals surface area contributed by atoms with E-state index in [4.69, 9.17) is 5.73 Å². The predicted molar refractivity (Wildman–Crippen MR) is 79.0 cm³/mol. The second-order valence-electron chi connectivity index (χ2n) is 6.08. The number of halogens is 1. The van der Waals surface area contributed by atoms with E-state index < -0.39 is 15.8 Å². The van der Waals surface area contributed by atoms with Gasteiger partial charge in [-0.25, -0.2) is 17.5 Å². The number of sulfonamides is 1. The molecule has 3 N–H and O–H groups in total. The maximum absolute atomic E-state index is 13.7. The van der Waals surface area contributed by atoms with Gasteiger partial charge >= 0.3 is 0 Å². The summed E-state index contributed by atoms with van der Waals surface area (Å²) in [6.07, 6.45) is 0.553. The summed E-state index contributed by atoms with van der Waals surface area (Å²) in [6, 6.07) is 4.59. The Morgan fingerprint density at radius 3 is 2.45 bits per heavy atom. The molecule has 0 saturated carbocycles. The number of nitrogens with two attached hydrogens (primary N) is 1. The van der Waals surface area contributed by atoms with Crippen LogP contribution in [0, 0.1) is 11.2 Å². The molecular weight excluding hydrogens is 279 g/mol. The summed E-state index contributed by atoms with van der Waals surface area (Å²) < 4.78 is 39.8. The van der Waals surface area contributed by atoms with E-state index in [1.54, 1.807) is 12.1 Å². The van der Waals surface area contributed by atoms with Crippen LogP contribution in [0.5, 0.6) is 0 Å². The maximum Gasteiger partial charge on any atom is 0.211 e. The number of hydrogen-bond acceptors (Lipinski definition) is 3. The molecule has 0 radical (unpaired) electrons. The van der Waals surface area contributed by atoms with Gasteiger partial charge in [-0.15, -0.1) is 0 Å². The van der Waals surface area contributed by atoms with E-state index in [1.807, 2.05) is 20.8 Å². The van der Waals surface area contributed by atoms with Crippen molar-refractivity contribution in [1.82, 2.24) is 4.72 Å². The van der Waals surface area contributed by atoms with Gasteiger partial charge in [0.15, 0.2) is 0 Å². The van der Waals surface area contributed by atoms with Gasteiger partial charge in [0.05, 0.1) is 5.75 Å². The highest BCUT2D eigenvalue weighted by Gasteiger charge is 2.17. The molecule has 4 nitrogen and oxygen atoms in total. The Morgan fingerprint density at radius 1 is 1.30 bits per heavy atom. The zero-order chi connectivity index (χ0) is 15.4. The van der Waals surface area contributed by atoms with Crippen LogP contribution in [0.4, 0.5) is 4.39 Å². The average Bonchev–Trinajstić information content (AvgIpc) is 2.34. The molecule has 0 aliphatic rings. The van der Waals surface area contributed by atoms with Crippen molar-refractivity contribution in [3.05, 3.63) is 35.1 Å². The highest BCUT2D eigenvalue weighted by molar-refractivity contribution is 7.89. The molecule has 1 aromatic rings. The Morgan fingerprint density at radius 2 is 1.95 bits per heavy atom. The molecule has 0 fully saturated rings. The van der Waals surface area contributed by atoms with E-state index in [2.05, 4.69) is 4.72 Å². The fourth-order valence-corrected chi connectivity index (χ4v) is 2.96. The first-order chi connectivity index (χ1) is 9.13. The highest BCUT2D eigenvalue weighted by atomic mass is 32.2. The summed E-state index contributed by atoms with van der Waals surface area (Å²) in [6.45, 7) is 6.16. The molecule has 0 atom stereocenters. The fraction of sp³-hybridized carbons (Fsp3) is 0.571. The van der Waals surface area contributed by atoms with Gasteiger partial charge in [-0.1, -0.05) is 32.9 Å². The first kappa shape index (κ1) is 17.1. The van der Waals surface area contributed by atoms with Gasteiger partial charge in [-0.3, -0.25) is 0 Å². The fourth-order valence-electron chi connectivity index (χ4n) is 1.56. The Bertz CT molecular complexity index is 551. The van der Waals surface area contributed by atoms with Crippen molar-refractivity contribution in [2.24, 2.45) is 11.1 Å². The smallest absolute Gasteiger partial charge is 0.211 e. The van der Waals surface area contributed by atoms with Crippen LogP contribution in [0.1, 0.15) is 38.3 Å². The van der Waals surface area contributed by atoms with Gasteiger partial charge in [0.1, 0.15) is 5.82 Å². The first-order valence-electron chi connectivity index (χ1n) is 6.58. The molecule has 20 heavy (non-hydrogen) atoms. The van der Waals surface area contributed by atoms with Crippen molar-refractivity contribution in [1.29, 1.82) is 0 Å². The summed E-state index contributed by atoms with van der Waals surface area (Å²) in [5.41, 5.74) is 6.36. The van der Waals surface area contributed by atoms with Crippen molar-refractivity contribution < 1.29 is 12.8 Å². The van der Waals surface area contributed by atoms with E-state index in [9.17, 15) is 12.8 Å². The molecule has 1 rings (SSSR count). The Labute approximate surface area is 120 Å². The minimum Gasteiger partial charge on any atom is -0.326 e. The Hall–Kier alpha value is -0.980. The molecular formula is C14H23FN2O2S. The monoisotopic (exact) mass is 302 g/mol. The van der Waals surface area contributed by atoms with Crippen molar-refractivity contribution in [2.45, 2.75) is 40.3 Å². The second-order valence-corrected chi connectivity index (χ2v) is 8.01. The van der Waals surface area contributed by atoms with Crippen LogP contribution in [0.2, 0.25) is 0 Å². The van der Waals surface area contributed by atoms with Crippen LogP contribution in [0.15, 0.2) is 18.2 Å². The molecule has 0 heterocycles. The lowest BCUT2D eigenvalue weighted by molar-refractivity contribution is 0.396. The molecule has 0 aliphatic carbocycles. The second kappa shape index (κ2) is 6.65. The van der Waals surface area contributed by atoms with E-state index >= 15 is 0 Å². The number of nitrogens with one attached hydrogen (secondary N) is 1. The van der Waals surface area contributed by atoms with Crippen LogP contribution in [-0.4, -0.2) is 14.2 Å². The molecule has 0 aliphatic heterocycles. The maximum atomic E-state index is 13.7. The molecule has 1 aromatic carbocycles. The SMILES string of the molecule is CC(C)(C)CCS(=O)(=O)NCc1ccc(CN)cc1F. The summed E-state index contributed by atoms with van der Waals surface area (Å²) >= 11 is 0. The largest absolute Gasteiger partial charge is 0.326 e. The number of rotatable bonds is 6. The molecule has 0 saturated heterocycles. The Balaban J connectivity index is 2.62. The summed E-state index contributed by atoms with van der Waals surface area (Å²) in [4.78, 5) is 0. The normalized spacial score (nSPS) is 12.7. The van der Waals surface area contributed by atoms with Crippen LogP contribution >= 0.6 is 0 Å². The lowest BCUT2D eigenvalue weighted by atomic mass is 9.94. The van der Waals surface area contributed by atoms with E-state index in [1.165, 1.54) is 6.07 Å². The van der Waals surface area contributed by atoms with Gasteiger partial charge in [-0.2, -0.15) is 0 Å². The summed E-state index contributed by atoms with van der Waals surface area (Å²) in [5.74, 6) is -0.398. The van der Waals surface area contributed by atoms with Gasteiger partial charge < -0.3 is 5.73 Å². The molecule has 0 unspecified atom stereocenters. The van der Waals surface area contributed by atoms with Gasteiger partial charge in [0, 0.05) is 18.7 Å². The first-order valence-corrected chi connectivity index (χ1v) is 8.23. The third-order valence-electron chi connectivity index (χ3n) is 2.96. The quantitative estimate of drug-likeness (QED) is 0.845. The van der Waals surface area contributed by atoms with E-state index in [0.717, 1.165) is 0 Å². The standard InChI is InChI=1S/C14H23FN2O2S/c1-14(2,3)6-7-20(18,19)17-10-12-5-4-11(9-16)8-13(12)15/h4-5,8,17H,6-7,9-10,16H2,1-3H3. The molecule has 0 bridgehead atoms. The third kappa shape index (κ3) is 5.98. The summed E-state index contributed by atoms with van der Waals surface area (Å²) in [5, 5.41) is 0. The van der Waals surface area contributed by atoms with Crippen molar-refractivity contribution >= 4 is 10.0 Å². The number of hydrogen-bond donors (Lipinski definition) is 2. The lowest BCUT2D eigenvalue weighted by Crippen LogP contribution is -2.28. The topological polar surface area (TPSA) is 72.2 Å². The van der Waals surface area contributed by atoms with Crippen LogP contribution < -0.4 is 10.5 Å². The Kier molecular flexibility index (Phi) is 5.68. The molecule has 0 spiro atoms. The van der Waals surface area contributed by atoms with E-state index in [0.29, 0.717) is 17.5 Å². The van der Waals surface area contributed by atoms with Crippen LogP contribution in [0.3, 0.4) is 0 Å². The van der Waals surface area contributed by atoms with E-state index in [-0.39, 0.29) is 24.3 Å². The van der Waals surface area contributed by atoms with Crippen LogP contribution in [-0.2, 0) is 23.1 Å². The van der Waals surface area contributed by atoms with Crippen molar-refractivity contribution in [2.75, 3.05) is 5.75 Å². The lowest BCUT2D eigenvalue weighted by Gasteiger charge is -2.18. The highest BCUT2D eigenvalue weighted by Crippen LogP contribution is 2.19. The minimum atomic E-state index is -3.39. The van der Waals surface area contributed by atoms with Gasteiger partial charge in [0.2, 0.25) is 10.0 Å².